The first-order chi connectivity index (χ1) is 10.2. The second-order valence-corrected chi connectivity index (χ2v) is 5.86. The average molecular weight is 364 g/mol. The summed E-state index contributed by atoms with van der Waals surface area (Å²) in [6.07, 6.45) is 1.63. The molecule has 0 amide bonds. The largest absolute Gasteiger partial charge is 0.505 e. The fourth-order valence-corrected chi connectivity index (χ4v) is 2.73. The number of hydrogen-bond acceptors (Lipinski definition) is 2. The summed E-state index contributed by atoms with van der Waals surface area (Å²) >= 11 is 9.56. The van der Waals surface area contributed by atoms with Gasteiger partial charge in [0.25, 0.3) is 0 Å². The van der Waals surface area contributed by atoms with Gasteiger partial charge in [-0.1, -0.05) is 41.9 Å². The number of fused-ring (bicyclic) bond motifs is 1. The predicted octanol–water partition coefficient (Wildman–Crippen LogP) is 4.91. The topological polar surface area (TPSA) is 48.4 Å². The SMILES string of the molecule is Oc1c(C=NCc2ccccc2)[nH]c2ccc(Br)c(Cl)c12. The predicted molar refractivity (Wildman–Crippen MR) is 90.4 cm³/mol. The summed E-state index contributed by atoms with van der Waals surface area (Å²) < 4.78 is 0.749. The minimum absolute atomic E-state index is 0.119. The number of aliphatic imine (C=N–C) groups is 1. The van der Waals surface area contributed by atoms with E-state index < -0.39 is 0 Å². The Hall–Kier alpha value is -1.78. The number of benzene rings is 2. The molecule has 0 fully saturated rings. The molecule has 0 spiro atoms. The molecule has 0 aliphatic rings. The van der Waals surface area contributed by atoms with Gasteiger partial charge < -0.3 is 10.1 Å². The Balaban J connectivity index is 1.91. The molecule has 5 heteroatoms. The van der Waals surface area contributed by atoms with Gasteiger partial charge >= 0.3 is 0 Å². The number of hydrogen-bond donors (Lipinski definition) is 2. The summed E-state index contributed by atoms with van der Waals surface area (Å²) in [6.45, 7) is 0.563. The van der Waals surface area contributed by atoms with E-state index in [1.165, 1.54) is 0 Å². The Kier molecular flexibility index (Phi) is 3.99. The lowest BCUT2D eigenvalue weighted by molar-refractivity contribution is 0.480. The van der Waals surface area contributed by atoms with E-state index in [2.05, 4.69) is 25.9 Å². The van der Waals surface area contributed by atoms with E-state index in [0.29, 0.717) is 22.6 Å². The molecule has 0 radical (unpaired) electrons. The third-order valence-corrected chi connectivity index (χ3v) is 4.47. The molecule has 0 aliphatic carbocycles. The number of aromatic hydroxyl groups is 1. The molecule has 1 heterocycles. The van der Waals surface area contributed by atoms with Gasteiger partial charge in [-0.25, -0.2) is 0 Å². The molecule has 2 aromatic carbocycles. The fourth-order valence-electron chi connectivity index (χ4n) is 2.14. The summed E-state index contributed by atoms with van der Waals surface area (Å²) in [5.41, 5.74) is 2.45. The highest BCUT2D eigenvalue weighted by Gasteiger charge is 2.13. The van der Waals surface area contributed by atoms with Gasteiger partial charge in [-0.05, 0) is 33.6 Å². The van der Waals surface area contributed by atoms with Gasteiger partial charge in [-0.15, -0.1) is 0 Å². The van der Waals surface area contributed by atoms with E-state index in [0.717, 1.165) is 15.6 Å². The van der Waals surface area contributed by atoms with Crippen molar-refractivity contribution in [3.05, 3.63) is 63.2 Å². The molecule has 21 heavy (non-hydrogen) atoms. The summed E-state index contributed by atoms with van der Waals surface area (Å²) in [5, 5.41) is 11.4. The van der Waals surface area contributed by atoms with Crippen LogP contribution in [0.3, 0.4) is 0 Å². The first kappa shape index (κ1) is 14.2. The smallest absolute Gasteiger partial charge is 0.151 e. The van der Waals surface area contributed by atoms with Crippen molar-refractivity contribution in [3.63, 3.8) is 0 Å². The zero-order chi connectivity index (χ0) is 14.8. The number of nitrogens with one attached hydrogen (secondary N) is 1. The third-order valence-electron chi connectivity index (χ3n) is 3.19. The molecule has 3 aromatic rings. The van der Waals surface area contributed by atoms with E-state index >= 15 is 0 Å². The van der Waals surface area contributed by atoms with Crippen LogP contribution in [0.5, 0.6) is 5.75 Å². The summed E-state index contributed by atoms with van der Waals surface area (Å²) in [5.74, 6) is 0.119. The lowest BCUT2D eigenvalue weighted by Gasteiger charge is -1.97. The van der Waals surface area contributed by atoms with Crippen LogP contribution in [-0.4, -0.2) is 16.3 Å². The molecule has 0 bridgehead atoms. The summed E-state index contributed by atoms with van der Waals surface area (Å²) in [6, 6.07) is 13.6. The zero-order valence-electron chi connectivity index (χ0n) is 11.0. The van der Waals surface area contributed by atoms with Crippen molar-refractivity contribution in [2.24, 2.45) is 4.99 Å². The van der Waals surface area contributed by atoms with Crippen LogP contribution in [0, 0.1) is 0 Å². The maximum atomic E-state index is 10.3. The number of halogens is 2. The van der Waals surface area contributed by atoms with Crippen molar-refractivity contribution in [2.45, 2.75) is 6.54 Å². The molecule has 0 unspecified atom stereocenters. The third kappa shape index (κ3) is 2.82. The van der Waals surface area contributed by atoms with E-state index in [1.807, 2.05) is 42.5 Å². The first-order valence-electron chi connectivity index (χ1n) is 6.39. The standard InChI is InChI=1S/C16H12BrClN2O/c17-11-6-7-12-14(15(11)18)16(21)13(20-12)9-19-8-10-4-2-1-3-5-10/h1-7,9,20-21H,8H2. The molecule has 0 atom stereocenters. The molecule has 0 saturated carbocycles. The molecule has 106 valence electrons. The Morgan fingerprint density at radius 3 is 2.71 bits per heavy atom. The zero-order valence-corrected chi connectivity index (χ0v) is 13.3. The van der Waals surface area contributed by atoms with Crippen LogP contribution in [0.15, 0.2) is 51.9 Å². The number of H-pyrrole nitrogens is 1. The van der Waals surface area contributed by atoms with Crippen LogP contribution >= 0.6 is 27.5 Å². The van der Waals surface area contributed by atoms with Gasteiger partial charge in [0.15, 0.2) is 5.75 Å². The van der Waals surface area contributed by atoms with Crippen LogP contribution in [0.4, 0.5) is 0 Å². The van der Waals surface area contributed by atoms with E-state index in [9.17, 15) is 5.11 Å². The molecule has 3 rings (SSSR count). The average Bonchev–Trinajstić information content (AvgIpc) is 2.81. The highest BCUT2D eigenvalue weighted by Crippen LogP contribution is 2.38. The minimum Gasteiger partial charge on any atom is -0.505 e. The number of aromatic amines is 1. The maximum absolute atomic E-state index is 10.3. The number of aromatic nitrogens is 1. The van der Waals surface area contributed by atoms with Gasteiger partial charge in [-0.2, -0.15) is 0 Å². The summed E-state index contributed by atoms with van der Waals surface area (Å²) in [4.78, 5) is 7.46. The highest BCUT2D eigenvalue weighted by molar-refractivity contribution is 9.10. The first-order valence-corrected chi connectivity index (χ1v) is 7.56. The van der Waals surface area contributed by atoms with Gasteiger partial charge in [0, 0.05) is 10.7 Å². The normalized spacial score (nSPS) is 11.5. The minimum atomic E-state index is 0.119. The number of rotatable bonds is 3. The van der Waals surface area contributed by atoms with Gasteiger partial charge in [0.2, 0.25) is 0 Å². The molecule has 0 aliphatic heterocycles. The molecule has 0 saturated heterocycles. The van der Waals surface area contributed by atoms with E-state index in [1.54, 1.807) is 6.21 Å². The van der Waals surface area contributed by atoms with Crippen molar-refractivity contribution in [2.75, 3.05) is 0 Å². The Labute approximate surface area is 135 Å². The maximum Gasteiger partial charge on any atom is 0.151 e. The van der Waals surface area contributed by atoms with Crippen molar-refractivity contribution < 1.29 is 5.11 Å². The molecule has 1 aromatic heterocycles. The second-order valence-electron chi connectivity index (χ2n) is 4.63. The second kappa shape index (κ2) is 5.92. The lowest BCUT2D eigenvalue weighted by atomic mass is 10.2. The van der Waals surface area contributed by atoms with Crippen LogP contribution in [0.1, 0.15) is 11.3 Å². The van der Waals surface area contributed by atoms with Crippen LogP contribution in [0.2, 0.25) is 5.02 Å². The molecular weight excluding hydrogens is 352 g/mol. The van der Waals surface area contributed by atoms with E-state index in [-0.39, 0.29) is 5.75 Å². The van der Waals surface area contributed by atoms with E-state index in [4.69, 9.17) is 11.6 Å². The highest BCUT2D eigenvalue weighted by atomic mass is 79.9. The molecule has 3 nitrogen and oxygen atoms in total. The molecular formula is C16H12BrClN2O. The Morgan fingerprint density at radius 1 is 1.19 bits per heavy atom. The van der Waals surface area contributed by atoms with Crippen molar-refractivity contribution >= 4 is 44.6 Å². The van der Waals surface area contributed by atoms with Crippen molar-refractivity contribution in [1.82, 2.24) is 4.98 Å². The van der Waals surface area contributed by atoms with Crippen LogP contribution in [-0.2, 0) is 6.54 Å². The quantitative estimate of drug-likeness (QED) is 0.638. The van der Waals surface area contributed by atoms with Crippen LogP contribution in [0.25, 0.3) is 10.9 Å². The lowest BCUT2D eigenvalue weighted by Crippen LogP contribution is -1.84. The Bertz CT molecular complexity index is 812. The van der Waals surface area contributed by atoms with Crippen LogP contribution < -0.4 is 0 Å². The van der Waals surface area contributed by atoms with Gasteiger partial charge in [0.1, 0.15) is 0 Å². The van der Waals surface area contributed by atoms with Crippen molar-refractivity contribution in [3.8, 4) is 5.75 Å². The summed E-state index contributed by atoms with van der Waals surface area (Å²) in [7, 11) is 0. The van der Waals surface area contributed by atoms with Gasteiger partial charge in [0.05, 0.1) is 28.2 Å². The Morgan fingerprint density at radius 2 is 1.95 bits per heavy atom. The molecule has 2 N–H and O–H groups in total. The van der Waals surface area contributed by atoms with Gasteiger partial charge in [-0.3, -0.25) is 4.99 Å². The number of nitrogens with zero attached hydrogens (tertiary/aromatic N) is 1. The monoisotopic (exact) mass is 362 g/mol. The van der Waals surface area contributed by atoms with Crippen molar-refractivity contribution in [1.29, 1.82) is 0 Å². The fraction of sp³-hybridized carbons (Fsp3) is 0.0625.